The summed E-state index contributed by atoms with van der Waals surface area (Å²) in [7, 11) is -3.81. The van der Waals surface area contributed by atoms with Crippen molar-refractivity contribution in [2.45, 2.75) is 75.3 Å². The summed E-state index contributed by atoms with van der Waals surface area (Å²) in [6, 6.07) is 14.5. The van der Waals surface area contributed by atoms with Crippen LogP contribution in [0.4, 0.5) is 0 Å². The van der Waals surface area contributed by atoms with Crippen LogP contribution in [-0.2, 0) is 21.2 Å². The average Bonchev–Trinajstić information content (AvgIpc) is 2.84. The number of carbonyl (C=O) groups is 1. The van der Waals surface area contributed by atoms with E-state index in [1.54, 1.807) is 24.3 Å². The summed E-state index contributed by atoms with van der Waals surface area (Å²) in [4.78, 5) is 13.4. The standard InChI is InChI=1S/C26H34N2O4S/c1-2-32-22-15-17-23(18-16-22)33(30,31)28(21-11-4-3-5-12-21)19-26(29)27-25-14-8-10-20-9-6-7-13-24(20)25/h6-7,9,13,15-18,21,25H,2-5,8,10-12,14,19H2,1H3,(H,27,29)/t25-/m1/s1. The van der Waals surface area contributed by atoms with E-state index in [0.717, 1.165) is 56.9 Å². The molecule has 33 heavy (non-hydrogen) atoms. The largest absolute Gasteiger partial charge is 0.494 e. The molecule has 0 aliphatic heterocycles. The van der Waals surface area contributed by atoms with E-state index in [-0.39, 0.29) is 29.4 Å². The van der Waals surface area contributed by atoms with E-state index in [1.165, 1.54) is 9.87 Å². The van der Waals surface area contributed by atoms with Crippen molar-refractivity contribution in [3.8, 4) is 5.75 Å². The molecule has 1 atom stereocenters. The van der Waals surface area contributed by atoms with Gasteiger partial charge in [0, 0.05) is 6.04 Å². The second-order valence-electron chi connectivity index (χ2n) is 8.96. The molecule has 0 spiro atoms. The highest BCUT2D eigenvalue weighted by Gasteiger charge is 2.34. The number of nitrogens with one attached hydrogen (secondary N) is 1. The summed E-state index contributed by atoms with van der Waals surface area (Å²) in [5.41, 5.74) is 2.41. The predicted octanol–water partition coefficient (Wildman–Crippen LogP) is 4.60. The maximum Gasteiger partial charge on any atom is 0.243 e. The molecule has 2 aromatic carbocycles. The molecule has 1 amide bonds. The third-order valence-corrected chi connectivity index (χ3v) is 8.64. The van der Waals surface area contributed by atoms with Crippen molar-refractivity contribution in [3.63, 3.8) is 0 Å². The molecule has 0 saturated heterocycles. The zero-order valence-corrected chi connectivity index (χ0v) is 20.1. The van der Waals surface area contributed by atoms with Gasteiger partial charge in [0.05, 0.1) is 24.1 Å². The molecule has 0 radical (unpaired) electrons. The minimum Gasteiger partial charge on any atom is -0.494 e. The fourth-order valence-corrected chi connectivity index (χ4v) is 6.72. The van der Waals surface area contributed by atoms with Crippen LogP contribution in [0.2, 0.25) is 0 Å². The molecule has 4 rings (SSSR count). The Morgan fingerprint density at radius 1 is 1.00 bits per heavy atom. The number of amides is 1. The number of nitrogens with zero attached hydrogens (tertiary/aromatic N) is 1. The van der Waals surface area contributed by atoms with E-state index in [0.29, 0.717) is 12.4 Å². The van der Waals surface area contributed by atoms with Crippen LogP contribution in [0.15, 0.2) is 53.4 Å². The van der Waals surface area contributed by atoms with Gasteiger partial charge in [-0.3, -0.25) is 4.79 Å². The van der Waals surface area contributed by atoms with Crippen LogP contribution in [0.3, 0.4) is 0 Å². The number of ether oxygens (including phenoxy) is 1. The number of aryl methyl sites for hydroxylation is 1. The van der Waals surface area contributed by atoms with Crippen molar-refractivity contribution >= 4 is 15.9 Å². The smallest absolute Gasteiger partial charge is 0.243 e. The summed E-state index contributed by atoms with van der Waals surface area (Å²) in [5.74, 6) is 0.395. The van der Waals surface area contributed by atoms with E-state index in [1.807, 2.05) is 19.1 Å². The van der Waals surface area contributed by atoms with Gasteiger partial charge in [-0.2, -0.15) is 4.31 Å². The maximum atomic E-state index is 13.6. The Kier molecular flexibility index (Phi) is 7.71. The van der Waals surface area contributed by atoms with Crippen LogP contribution in [0.25, 0.3) is 0 Å². The number of hydrogen-bond acceptors (Lipinski definition) is 4. The highest BCUT2D eigenvalue weighted by Crippen LogP contribution is 2.31. The first kappa shape index (κ1) is 23.8. The molecular formula is C26H34N2O4S. The molecule has 6 nitrogen and oxygen atoms in total. The molecule has 1 fully saturated rings. The lowest BCUT2D eigenvalue weighted by molar-refractivity contribution is -0.122. The second-order valence-corrected chi connectivity index (χ2v) is 10.8. The Morgan fingerprint density at radius 3 is 2.45 bits per heavy atom. The predicted molar refractivity (Wildman–Crippen MR) is 129 cm³/mol. The highest BCUT2D eigenvalue weighted by atomic mass is 32.2. The van der Waals surface area contributed by atoms with Crippen molar-refractivity contribution in [2.24, 2.45) is 0 Å². The average molecular weight is 471 g/mol. The molecule has 2 aromatic rings. The first-order chi connectivity index (χ1) is 16.0. The van der Waals surface area contributed by atoms with Gasteiger partial charge < -0.3 is 10.1 Å². The van der Waals surface area contributed by atoms with Crippen molar-refractivity contribution in [2.75, 3.05) is 13.2 Å². The summed E-state index contributed by atoms with van der Waals surface area (Å²) in [5, 5.41) is 3.13. The van der Waals surface area contributed by atoms with Crippen molar-refractivity contribution in [1.29, 1.82) is 0 Å². The van der Waals surface area contributed by atoms with E-state index >= 15 is 0 Å². The summed E-state index contributed by atoms with van der Waals surface area (Å²) >= 11 is 0. The summed E-state index contributed by atoms with van der Waals surface area (Å²) in [6.45, 7) is 2.25. The Balaban J connectivity index is 1.54. The van der Waals surface area contributed by atoms with Crippen molar-refractivity contribution < 1.29 is 17.9 Å². The van der Waals surface area contributed by atoms with Gasteiger partial charge >= 0.3 is 0 Å². The molecule has 178 valence electrons. The number of hydrogen-bond donors (Lipinski definition) is 1. The van der Waals surface area contributed by atoms with Crippen molar-refractivity contribution in [1.82, 2.24) is 9.62 Å². The van der Waals surface area contributed by atoms with E-state index < -0.39 is 10.0 Å². The maximum absolute atomic E-state index is 13.6. The Labute approximate surface area is 197 Å². The molecule has 2 aliphatic rings. The van der Waals surface area contributed by atoms with Crippen LogP contribution < -0.4 is 10.1 Å². The van der Waals surface area contributed by atoms with Crippen molar-refractivity contribution in [3.05, 3.63) is 59.7 Å². The summed E-state index contributed by atoms with van der Waals surface area (Å²) < 4.78 is 34.2. The molecule has 0 unspecified atom stereocenters. The zero-order valence-electron chi connectivity index (χ0n) is 19.3. The first-order valence-corrected chi connectivity index (χ1v) is 13.5. The normalized spacial score (nSPS) is 19.2. The highest BCUT2D eigenvalue weighted by molar-refractivity contribution is 7.89. The minimum absolute atomic E-state index is 0.0659. The number of carbonyl (C=O) groups excluding carboxylic acids is 1. The fourth-order valence-electron chi connectivity index (χ4n) is 5.07. The lowest BCUT2D eigenvalue weighted by Crippen LogP contribution is -2.47. The van der Waals surface area contributed by atoms with Crippen LogP contribution in [-0.4, -0.2) is 37.8 Å². The Hall–Kier alpha value is -2.38. The van der Waals surface area contributed by atoms with Gasteiger partial charge in [-0.05, 0) is 74.4 Å². The number of sulfonamides is 1. The molecule has 1 N–H and O–H groups in total. The quantitative estimate of drug-likeness (QED) is 0.612. The van der Waals surface area contributed by atoms with Gasteiger partial charge in [-0.25, -0.2) is 8.42 Å². The third-order valence-electron chi connectivity index (χ3n) is 6.73. The Bertz CT molecular complexity index is 1050. The van der Waals surface area contributed by atoms with Crippen LogP contribution in [0.1, 0.15) is 69.0 Å². The lowest BCUT2D eigenvalue weighted by atomic mass is 9.88. The van der Waals surface area contributed by atoms with E-state index in [2.05, 4.69) is 17.4 Å². The minimum atomic E-state index is -3.81. The topological polar surface area (TPSA) is 75.7 Å². The fraction of sp³-hybridized carbons (Fsp3) is 0.500. The SMILES string of the molecule is CCOc1ccc(S(=O)(=O)N(CC(=O)N[C@@H]2CCCc3ccccc32)C2CCCCC2)cc1. The van der Waals surface area contributed by atoms with Gasteiger partial charge in [-0.15, -0.1) is 0 Å². The van der Waals surface area contributed by atoms with Gasteiger partial charge in [0.1, 0.15) is 5.75 Å². The van der Waals surface area contributed by atoms with E-state index in [4.69, 9.17) is 4.74 Å². The molecule has 0 bridgehead atoms. The van der Waals surface area contributed by atoms with Gasteiger partial charge in [-0.1, -0.05) is 43.5 Å². The van der Waals surface area contributed by atoms with E-state index in [9.17, 15) is 13.2 Å². The van der Waals surface area contributed by atoms with Gasteiger partial charge in [0.15, 0.2) is 0 Å². The number of fused-ring (bicyclic) bond motifs is 1. The third kappa shape index (κ3) is 5.58. The van der Waals surface area contributed by atoms with Gasteiger partial charge in [0.2, 0.25) is 15.9 Å². The zero-order chi connectivity index (χ0) is 23.3. The number of rotatable bonds is 8. The van der Waals surface area contributed by atoms with Crippen LogP contribution in [0, 0.1) is 0 Å². The Morgan fingerprint density at radius 2 is 1.73 bits per heavy atom. The monoisotopic (exact) mass is 470 g/mol. The lowest BCUT2D eigenvalue weighted by Gasteiger charge is -2.34. The molecule has 7 heteroatoms. The van der Waals surface area contributed by atoms with Gasteiger partial charge in [0.25, 0.3) is 0 Å². The molecular weight excluding hydrogens is 436 g/mol. The summed E-state index contributed by atoms with van der Waals surface area (Å²) in [6.07, 6.45) is 7.55. The second kappa shape index (κ2) is 10.7. The van der Waals surface area contributed by atoms with Crippen LogP contribution >= 0.6 is 0 Å². The molecule has 2 aliphatic carbocycles. The first-order valence-electron chi connectivity index (χ1n) is 12.1. The number of benzene rings is 2. The molecule has 1 saturated carbocycles. The van der Waals surface area contributed by atoms with Crippen LogP contribution in [0.5, 0.6) is 5.75 Å². The molecule has 0 aromatic heterocycles. The molecule has 0 heterocycles.